The smallest absolute Gasteiger partial charge is 0.252 e. The second kappa shape index (κ2) is 9.96. The molecular formula is C33H35N5O4. The fourth-order valence-electron chi connectivity index (χ4n) is 7.47. The minimum Gasteiger partial charge on any atom is -0.356 e. The largest absolute Gasteiger partial charge is 0.356 e. The van der Waals surface area contributed by atoms with Gasteiger partial charge in [-0.3, -0.25) is 14.4 Å². The summed E-state index contributed by atoms with van der Waals surface area (Å²) in [7, 11) is 3.53. The van der Waals surface area contributed by atoms with Crippen LogP contribution in [0.2, 0.25) is 0 Å². The van der Waals surface area contributed by atoms with Gasteiger partial charge in [-0.1, -0.05) is 42.8 Å². The van der Waals surface area contributed by atoms with Crippen molar-refractivity contribution < 1.29 is 19.1 Å². The Bertz CT molecular complexity index is 1920. The number of amides is 2. The molecule has 3 atom stereocenters. The maximum atomic E-state index is 13.9. The van der Waals surface area contributed by atoms with Crippen LogP contribution in [0, 0.1) is 5.92 Å². The van der Waals surface area contributed by atoms with E-state index in [1.165, 1.54) is 0 Å². The van der Waals surface area contributed by atoms with Crippen molar-refractivity contribution in [3.05, 3.63) is 59.7 Å². The number of unbranched alkanes of at least 4 members (excludes halogenated alkanes) is 2. The highest BCUT2D eigenvalue weighted by Gasteiger charge is 2.54. The van der Waals surface area contributed by atoms with Crippen LogP contribution >= 0.6 is 0 Å². The third-order valence-electron chi connectivity index (χ3n) is 9.28. The summed E-state index contributed by atoms with van der Waals surface area (Å²) >= 11 is 0. The molecule has 2 aliphatic heterocycles. The number of carbonyl (C=O) groups is 3. The van der Waals surface area contributed by atoms with Crippen LogP contribution in [0.15, 0.2) is 48.5 Å². The summed E-state index contributed by atoms with van der Waals surface area (Å²) < 4.78 is 11.2. The van der Waals surface area contributed by atoms with Crippen molar-refractivity contribution in [2.24, 2.45) is 5.92 Å². The third-order valence-corrected chi connectivity index (χ3v) is 9.28. The van der Waals surface area contributed by atoms with Gasteiger partial charge in [-0.15, -0.1) is 0 Å². The number of nitrogens with zero attached hydrogens (tertiary/aromatic N) is 2. The summed E-state index contributed by atoms with van der Waals surface area (Å²) in [6.07, 6.45) is 3.87. The molecule has 2 aromatic heterocycles. The number of hydrogen-bond acceptors (Lipinski definition) is 5. The summed E-state index contributed by atoms with van der Waals surface area (Å²) in [6.45, 7) is 3.56. The van der Waals surface area contributed by atoms with Gasteiger partial charge in [-0.2, -0.15) is 0 Å². The molecule has 0 saturated carbocycles. The zero-order valence-electron chi connectivity index (χ0n) is 24.1. The molecule has 42 heavy (non-hydrogen) atoms. The van der Waals surface area contributed by atoms with Gasteiger partial charge in [0.1, 0.15) is 6.23 Å². The monoisotopic (exact) mass is 565 g/mol. The number of ether oxygens (including phenoxy) is 1. The van der Waals surface area contributed by atoms with E-state index in [1.807, 2.05) is 62.5 Å². The zero-order chi connectivity index (χ0) is 29.2. The van der Waals surface area contributed by atoms with Crippen LogP contribution in [-0.2, 0) is 15.3 Å². The topological polar surface area (TPSA) is 106 Å². The Kier molecular flexibility index (Phi) is 6.32. The molecule has 4 heterocycles. The standard InChI is InChI=1S/C33H35N5O4/c1-33-22(31(40)36-16-10-4-9-15-34-2)17-25(42-33)37-23-13-7-5-11-19(23)26-21(18-39)28(32(41)35-3)27-20-12-6-8-14-24(20)38(33)30(27)29(26)37/h5-8,11-14,18,22,25,34H,4,9-10,15-17H2,1-3H3,(H,35,41)(H,36,40). The lowest BCUT2D eigenvalue weighted by Crippen LogP contribution is -2.44. The molecule has 5 aromatic rings. The van der Waals surface area contributed by atoms with Crippen molar-refractivity contribution in [2.75, 3.05) is 27.2 Å². The molecule has 0 spiro atoms. The van der Waals surface area contributed by atoms with E-state index in [-0.39, 0.29) is 11.8 Å². The number of hydrogen-bond donors (Lipinski definition) is 3. The Balaban J connectivity index is 1.53. The molecule has 2 amide bonds. The number of rotatable bonds is 9. The lowest BCUT2D eigenvalue weighted by molar-refractivity contribution is -0.144. The molecule has 3 N–H and O–H groups in total. The van der Waals surface area contributed by atoms with E-state index in [2.05, 4.69) is 25.1 Å². The normalized spacial score (nSPS) is 21.0. The average Bonchev–Trinajstić information content (AvgIpc) is 3.63. The first-order chi connectivity index (χ1) is 20.5. The van der Waals surface area contributed by atoms with Crippen LogP contribution in [0.1, 0.15) is 59.6 Å². The number of aldehydes is 1. The predicted octanol–water partition coefficient (Wildman–Crippen LogP) is 4.80. The van der Waals surface area contributed by atoms with E-state index >= 15 is 0 Å². The summed E-state index contributed by atoms with van der Waals surface area (Å²) in [4.78, 5) is 40.4. The number of fused-ring (bicyclic) bond motifs is 10. The van der Waals surface area contributed by atoms with Crippen LogP contribution in [-0.4, -0.2) is 54.4 Å². The molecule has 3 aromatic carbocycles. The van der Waals surface area contributed by atoms with Crippen molar-refractivity contribution in [1.29, 1.82) is 0 Å². The third kappa shape index (κ3) is 3.53. The molecule has 216 valence electrons. The van der Waals surface area contributed by atoms with Crippen LogP contribution in [0.5, 0.6) is 0 Å². The summed E-state index contributed by atoms with van der Waals surface area (Å²) in [6, 6.07) is 15.8. The first kappa shape index (κ1) is 26.7. The average molecular weight is 566 g/mol. The summed E-state index contributed by atoms with van der Waals surface area (Å²) in [5.74, 6) is -0.837. The van der Waals surface area contributed by atoms with Gasteiger partial charge in [-0.25, -0.2) is 0 Å². The minimum absolute atomic E-state index is 0.0354. The minimum atomic E-state index is -1.03. The van der Waals surface area contributed by atoms with Gasteiger partial charge < -0.3 is 29.8 Å². The Morgan fingerprint density at radius 2 is 1.64 bits per heavy atom. The first-order valence-corrected chi connectivity index (χ1v) is 14.8. The zero-order valence-corrected chi connectivity index (χ0v) is 24.1. The number of carbonyl (C=O) groups excluding carboxylic acids is 3. The highest BCUT2D eigenvalue weighted by atomic mass is 16.5. The molecule has 3 unspecified atom stereocenters. The van der Waals surface area contributed by atoms with Gasteiger partial charge in [0.2, 0.25) is 5.91 Å². The lowest BCUT2D eigenvalue weighted by Gasteiger charge is -2.32. The maximum absolute atomic E-state index is 13.9. The highest BCUT2D eigenvalue weighted by Crippen LogP contribution is 2.55. The molecule has 1 fully saturated rings. The second-order valence-corrected chi connectivity index (χ2v) is 11.5. The van der Waals surface area contributed by atoms with Crippen molar-refractivity contribution >= 4 is 61.7 Å². The fraction of sp³-hybridized carbons (Fsp3) is 0.364. The van der Waals surface area contributed by atoms with E-state index < -0.39 is 17.9 Å². The van der Waals surface area contributed by atoms with E-state index in [1.54, 1.807) is 7.05 Å². The number of aromatic nitrogens is 2. The Labute approximate surface area is 243 Å². The van der Waals surface area contributed by atoms with Gasteiger partial charge in [0.25, 0.3) is 5.91 Å². The Morgan fingerprint density at radius 1 is 0.952 bits per heavy atom. The Morgan fingerprint density at radius 3 is 2.36 bits per heavy atom. The summed E-state index contributed by atoms with van der Waals surface area (Å²) in [5.41, 5.74) is 3.10. The molecule has 0 radical (unpaired) electrons. The van der Waals surface area contributed by atoms with Gasteiger partial charge in [0.15, 0.2) is 12.0 Å². The molecule has 9 nitrogen and oxygen atoms in total. The van der Waals surface area contributed by atoms with Crippen LogP contribution in [0.25, 0.3) is 43.6 Å². The number of para-hydroxylation sites is 2. The molecular weight excluding hydrogens is 530 g/mol. The van der Waals surface area contributed by atoms with E-state index in [9.17, 15) is 14.4 Å². The van der Waals surface area contributed by atoms with Crippen molar-refractivity contribution in [3.63, 3.8) is 0 Å². The van der Waals surface area contributed by atoms with Gasteiger partial charge in [0.05, 0.1) is 33.5 Å². The van der Waals surface area contributed by atoms with Crippen molar-refractivity contribution in [3.8, 4) is 0 Å². The van der Waals surface area contributed by atoms with Crippen LogP contribution in [0.4, 0.5) is 0 Å². The van der Waals surface area contributed by atoms with Gasteiger partial charge >= 0.3 is 0 Å². The quantitative estimate of drug-likeness (QED) is 0.176. The molecule has 9 heteroatoms. The van der Waals surface area contributed by atoms with Crippen molar-refractivity contribution in [2.45, 2.75) is 44.6 Å². The molecule has 2 aliphatic rings. The van der Waals surface area contributed by atoms with Crippen LogP contribution < -0.4 is 16.0 Å². The molecule has 7 rings (SSSR count). The van der Waals surface area contributed by atoms with E-state index in [0.29, 0.717) is 29.5 Å². The molecule has 1 saturated heterocycles. The predicted molar refractivity (Wildman–Crippen MR) is 164 cm³/mol. The number of nitrogens with one attached hydrogen (secondary N) is 3. The van der Waals surface area contributed by atoms with Gasteiger partial charge in [-0.05, 0) is 45.5 Å². The maximum Gasteiger partial charge on any atom is 0.252 e. The van der Waals surface area contributed by atoms with E-state index in [0.717, 1.165) is 70.3 Å². The summed E-state index contributed by atoms with van der Waals surface area (Å²) in [5, 5.41) is 12.3. The molecule has 2 bridgehead atoms. The lowest BCUT2D eigenvalue weighted by atomic mass is 9.92. The highest BCUT2D eigenvalue weighted by molar-refractivity contribution is 6.33. The first-order valence-electron chi connectivity index (χ1n) is 14.8. The fourth-order valence-corrected chi connectivity index (χ4v) is 7.47. The molecule has 0 aliphatic carbocycles. The second-order valence-electron chi connectivity index (χ2n) is 11.5. The number of benzene rings is 3. The van der Waals surface area contributed by atoms with Crippen molar-refractivity contribution in [1.82, 2.24) is 25.1 Å². The van der Waals surface area contributed by atoms with E-state index in [4.69, 9.17) is 4.74 Å². The SMILES string of the molecule is CNCCCCCNC(=O)C1CC2OC1(C)n1c3ccccc3c3c(C(=O)NC)c(C=O)c4c5ccccc5n2c4c31. The van der Waals surface area contributed by atoms with Crippen LogP contribution in [0.3, 0.4) is 0 Å². The van der Waals surface area contributed by atoms with Gasteiger partial charge in [0, 0.05) is 47.1 Å². The Hall–Kier alpha value is -4.21.